The van der Waals surface area contributed by atoms with E-state index in [0.717, 1.165) is 5.56 Å². The summed E-state index contributed by atoms with van der Waals surface area (Å²) < 4.78 is 5.54. The van der Waals surface area contributed by atoms with Gasteiger partial charge in [-0.3, -0.25) is 4.79 Å². The highest BCUT2D eigenvalue weighted by Crippen LogP contribution is 2.26. The van der Waals surface area contributed by atoms with Crippen LogP contribution >= 0.6 is 11.6 Å². The minimum Gasteiger partial charge on any atom is -0.481 e. The lowest BCUT2D eigenvalue weighted by atomic mass is 10.1. The lowest BCUT2D eigenvalue weighted by Crippen LogP contribution is -2.14. The van der Waals surface area contributed by atoms with Crippen LogP contribution in [0.2, 0.25) is 5.02 Å². The topological polar surface area (TPSA) is 76.5 Å². The Morgan fingerprint density at radius 3 is 2.56 bits per heavy atom. The second-order valence-electron chi connectivity index (χ2n) is 3.91. The van der Waals surface area contributed by atoms with Crippen LogP contribution in [0.25, 0.3) is 11.3 Å². The van der Waals surface area contributed by atoms with Crippen molar-refractivity contribution in [1.29, 1.82) is 0 Å². The second-order valence-corrected chi connectivity index (χ2v) is 4.35. The van der Waals surface area contributed by atoms with Gasteiger partial charge in [0.1, 0.15) is 11.5 Å². The molecule has 1 atom stereocenters. The summed E-state index contributed by atoms with van der Waals surface area (Å²) in [5.41, 5.74) is 6.58. The third kappa shape index (κ3) is 2.91. The van der Waals surface area contributed by atoms with Crippen LogP contribution in [0.3, 0.4) is 0 Å². The number of aliphatic carboxylic acids is 1. The van der Waals surface area contributed by atoms with Crippen LogP contribution in [0.4, 0.5) is 0 Å². The molecule has 1 aromatic heterocycles. The first kappa shape index (κ1) is 12.7. The van der Waals surface area contributed by atoms with E-state index in [4.69, 9.17) is 26.9 Å². The van der Waals surface area contributed by atoms with Crippen molar-refractivity contribution in [3.05, 3.63) is 47.2 Å². The molecule has 18 heavy (non-hydrogen) atoms. The fraction of sp³-hybridized carbons (Fsp3) is 0.154. The Balaban J connectivity index is 2.19. The first-order valence-electron chi connectivity index (χ1n) is 5.39. The van der Waals surface area contributed by atoms with Crippen molar-refractivity contribution in [3.63, 3.8) is 0 Å². The molecule has 0 saturated heterocycles. The summed E-state index contributed by atoms with van der Waals surface area (Å²) in [6, 6.07) is 10.00. The van der Waals surface area contributed by atoms with Crippen molar-refractivity contribution < 1.29 is 14.3 Å². The summed E-state index contributed by atoms with van der Waals surface area (Å²) in [5, 5.41) is 9.31. The van der Waals surface area contributed by atoms with E-state index in [-0.39, 0.29) is 6.42 Å². The molecule has 3 N–H and O–H groups in total. The number of furan rings is 1. The SMILES string of the molecule is NC(CC(=O)O)c1ccc(-c2ccc(Cl)cc2)o1. The van der Waals surface area contributed by atoms with Crippen LogP contribution in [0, 0.1) is 0 Å². The van der Waals surface area contributed by atoms with Crippen LogP contribution in [0.15, 0.2) is 40.8 Å². The predicted octanol–water partition coefficient (Wildman–Crippen LogP) is 3.07. The molecule has 0 bridgehead atoms. The average molecular weight is 266 g/mol. The molecule has 0 aliphatic heterocycles. The predicted molar refractivity (Wildman–Crippen MR) is 68.3 cm³/mol. The summed E-state index contributed by atoms with van der Waals surface area (Å²) in [6.07, 6.45) is -0.159. The molecular formula is C13H12ClNO3. The zero-order chi connectivity index (χ0) is 13.1. The molecule has 1 heterocycles. The van der Waals surface area contributed by atoms with E-state index >= 15 is 0 Å². The molecule has 4 nitrogen and oxygen atoms in total. The Morgan fingerprint density at radius 2 is 1.94 bits per heavy atom. The molecule has 0 fully saturated rings. The maximum atomic E-state index is 10.6. The summed E-state index contributed by atoms with van der Waals surface area (Å²) in [4.78, 5) is 10.6. The van der Waals surface area contributed by atoms with Gasteiger partial charge in [-0.1, -0.05) is 11.6 Å². The van der Waals surface area contributed by atoms with Crippen molar-refractivity contribution in [3.8, 4) is 11.3 Å². The van der Waals surface area contributed by atoms with Gasteiger partial charge in [0.15, 0.2) is 0 Å². The van der Waals surface area contributed by atoms with Gasteiger partial charge in [0.2, 0.25) is 0 Å². The first-order valence-corrected chi connectivity index (χ1v) is 5.77. The third-order valence-electron chi connectivity index (χ3n) is 2.52. The van der Waals surface area contributed by atoms with Crippen molar-refractivity contribution in [2.75, 3.05) is 0 Å². The summed E-state index contributed by atoms with van der Waals surface area (Å²) in [5.74, 6) is 0.150. The van der Waals surface area contributed by atoms with Crippen LogP contribution < -0.4 is 5.73 Å². The van der Waals surface area contributed by atoms with Gasteiger partial charge >= 0.3 is 5.97 Å². The van der Waals surface area contributed by atoms with Gasteiger partial charge in [0.05, 0.1) is 12.5 Å². The standard InChI is InChI=1S/C13H12ClNO3/c14-9-3-1-8(2-4-9)11-5-6-12(18-11)10(15)7-13(16)17/h1-6,10H,7,15H2,(H,16,17). The molecule has 2 aromatic rings. The molecule has 0 aliphatic carbocycles. The number of hydrogen-bond acceptors (Lipinski definition) is 3. The van der Waals surface area contributed by atoms with Gasteiger partial charge in [0, 0.05) is 10.6 Å². The monoisotopic (exact) mass is 265 g/mol. The van der Waals surface area contributed by atoms with Gasteiger partial charge < -0.3 is 15.3 Å². The number of hydrogen-bond donors (Lipinski definition) is 2. The number of nitrogens with two attached hydrogens (primary N) is 1. The number of rotatable bonds is 4. The summed E-state index contributed by atoms with van der Waals surface area (Å²) >= 11 is 5.80. The van der Waals surface area contributed by atoms with E-state index in [0.29, 0.717) is 16.5 Å². The lowest BCUT2D eigenvalue weighted by Gasteiger charge is -2.04. The lowest BCUT2D eigenvalue weighted by molar-refractivity contribution is -0.137. The van der Waals surface area contributed by atoms with E-state index in [1.54, 1.807) is 24.3 Å². The molecule has 1 unspecified atom stereocenters. The fourth-order valence-corrected chi connectivity index (χ4v) is 1.74. The zero-order valence-corrected chi connectivity index (χ0v) is 10.2. The number of benzene rings is 1. The zero-order valence-electron chi connectivity index (χ0n) is 9.47. The van der Waals surface area contributed by atoms with Gasteiger partial charge in [0.25, 0.3) is 0 Å². The summed E-state index contributed by atoms with van der Waals surface area (Å²) in [7, 11) is 0. The van der Waals surface area contributed by atoms with Gasteiger partial charge in [-0.15, -0.1) is 0 Å². The molecular weight excluding hydrogens is 254 g/mol. The van der Waals surface area contributed by atoms with Gasteiger partial charge in [-0.2, -0.15) is 0 Å². The Hall–Kier alpha value is -1.78. The maximum Gasteiger partial charge on any atom is 0.305 e. The molecule has 0 aliphatic rings. The van der Waals surface area contributed by atoms with Crippen LogP contribution in [0.1, 0.15) is 18.2 Å². The Kier molecular flexibility index (Phi) is 3.69. The highest BCUT2D eigenvalue weighted by Gasteiger charge is 2.15. The van der Waals surface area contributed by atoms with Gasteiger partial charge in [-0.25, -0.2) is 0 Å². The number of carbonyl (C=O) groups is 1. The highest BCUT2D eigenvalue weighted by molar-refractivity contribution is 6.30. The van der Waals surface area contributed by atoms with E-state index in [9.17, 15) is 4.79 Å². The Morgan fingerprint density at radius 1 is 1.28 bits per heavy atom. The Bertz CT molecular complexity index is 548. The molecule has 5 heteroatoms. The summed E-state index contributed by atoms with van der Waals surface area (Å²) in [6.45, 7) is 0. The third-order valence-corrected chi connectivity index (χ3v) is 2.77. The van der Waals surface area contributed by atoms with E-state index in [1.165, 1.54) is 0 Å². The second kappa shape index (κ2) is 5.25. The average Bonchev–Trinajstić information content (AvgIpc) is 2.78. The number of carboxylic acid groups (broad SMARTS) is 1. The molecule has 2 rings (SSSR count). The normalized spacial score (nSPS) is 12.3. The smallest absolute Gasteiger partial charge is 0.305 e. The maximum absolute atomic E-state index is 10.6. The molecule has 0 amide bonds. The van der Waals surface area contributed by atoms with E-state index in [1.807, 2.05) is 12.1 Å². The molecule has 0 radical (unpaired) electrons. The minimum absolute atomic E-state index is 0.159. The molecule has 0 saturated carbocycles. The van der Waals surface area contributed by atoms with E-state index < -0.39 is 12.0 Å². The number of carboxylic acids is 1. The van der Waals surface area contributed by atoms with Crippen LogP contribution in [-0.2, 0) is 4.79 Å². The Labute approximate surface area is 109 Å². The fourth-order valence-electron chi connectivity index (χ4n) is 1.61. The van der Waals surface area contributed by atoms with Crippen LogP contribution in [-0.4, -0.2) is 11.1 Å². The molecule has 94 valence electrons. The molecule has 0 spiro atoms. The first-order chi connectivity index (χ1) is 8.56. The van der Waals surface area contributed by atoms with Crippen LogP contribution in [0.5, 0.6) is 0 Å². The molecule has 1 aromatic carbocycles. The van der Waals surface area contributed by atoms with Crippen molar-refractivity contribution in [1.82, 2.24) is 0 Å². The highest BCUT2D eigenvalue weighted by atomic mass is 35.5. The minimum atomic E-state index is -0.952. The quantitative estimate of drug-likeness (QED) is 0.891. The van der Waals surface area contributed by atoms with Gasteiger partial charge in [-0.05, 0) is 36.4 Å². The largest absolute Gasteiger partial charge is 0.481 e. The van der Waals surface area contributed by atoms with Crippen molar-refractivity contribution in [2.24, 2.45) is 5.73 Å². The van der Waals surface area contributed by atoms with Crippen molar-refractivity contribution >= 4 is 17.6 Å². The van der Waals surface area contributed by atoms with Crippen molar-refractivity contribution in [2.45, 2.75) is 12.5 Å². The van der Waals surface area contributed by atoms with E-state index in [2.05, 4.69) is 0 Å². The number of halogens is 1.